The van der Waals surface area contributed by atoms with Gasteiger partial charge < -0.3 is 9.84 Å². The number of benzene rings is 1. The van der Waals surface area contributed by atoms with Gasteiger partial charge >= 0.3 is 5.97 Å². The molecule has 1 heterocycles. The van der Waals surface area contributed by atoms with Gasteiger partial charge in [0.05, 0.1) is 7.11 Å². The highest BCUT2D eigenvalue weighted by atomic mass is 32.2. The first kappa shape index (κ1) is 13.0. The third-order valence-corrected chi connectivity index (χ3v) is 4.44. The molecule has 2 rings (SSSR count). The highest BCUT2D eigenvalue weighted by Gasteiger charge is 2.12. The second-order valence-corrected chi connectivity index (χ2v) is 5.45. The van der Waals surface area contributed by atoms with Crippen molar-refractivity contribution in [2.24, 2.45) is 0 Å². The van der Waals surface area contributed by atoms with Gasteiger partial charge in [0, 0.05) is 10.6 Å². The van der Waals surface area contributed by atoms with Crippen LogP contribution < -0.4 is 4.74 Å². The Morgan fingerprint density at radius 1 is 1.39 bits per heavy atom. The van der Waals surface area contributed by atoms with Gasteiger partial charge in [-0.3, -0.25) is 0 Å². The summed E-state index contributed by atoms with van der Waals surface area (Å²) in [5.74, 6) is 0.584. The summed E-state index contributed by atoms with van der Waals surface area (Å²) in [6.07, 6.45) is 0. The number of thiophene rings is 1. The topological polar surface area (TPSA) is 46.5 Å². The second kappa shape index (κ2) is 5.93. The van der Waals surface area contributed by atoms with Gasteiger partial charge in [-0.05, 0) is 29.1 Å². The van der Waals surface area contributed by atoms with Gasteiger partial charge in [0.15, 0.2) is 0 Å². The minimum Gasteiger partial charge on any atom is -0.496 e. The van der Waals surface area contributed by atoms with E-state index in [1.54, 1.807) is 18.9 Å². The zero-order valence-corrected chi connectivity index (χ0v) is 11.4. The van der Waals surface area contributed by atoms with Gasteiger partial charge in [-0.2, -0.15) is 0 Å². The molecule has 0 radical (unpaired) electrons. The number of para-hydroxylation sites is 1. The predicted octanol–water partition coefficient (Wildman–Crippen LogP) is 3.75. The molecule has 5 heteroatoms. The Balaban J connectivity index is 2.11. The van der Waals surface area contributed by atoms with E-state index < -0.39 is 5.97 Å². The Bertz CT molecular complexity index is 549. The van der Waals surface area contributed by atoms with E-state index in [2.05, 4.69) is 0 Å². The Kier molecular flexibility index (Phi) is 4.28. The molecule has 2 aromatic rings. The quantitative estimate of drug-likeness (QED) is 0.847. The van der Waals surface area contributed by atoms with Gasteiger partial charge in [-0.1, -0.05) is 12.1 Å². The van der Waals surface area contributed by atoms with E-state index in [9.17, 15) is 4.79 Å². The monoisotopic (exact) mass is 280 g/mol. The minimum atomic E-state index is -0.861. The van der Waals surface area contributed by atoms with E-state index in [4.69, 9.17) is 9.84 Å². The maximum Gasteiger partial charge on any atom is 0.346 e. The fraction of sp³-hybridized carbons (Fsp3) is 0.154. The van der Waals surface area contributed by atoms with Crippen LogP contribution in [0.15, 0.2) is 40.6 Å². The SMILES string of the molecule is COc1ccccc1SCc1ccsc1C(=O)O. The lowest BCUT2D eigenvalue weighted by molar-refractivity contribution is 0.0701. The number of thioether (sulfide) groups is 1. The number of hydrogen-bond acceptors (Lipinski definition) is 4. The Hall–Kier alpha value is -1.46. The first-order valence-corrected chi connectivity index (χ1v) is 7.14. The van der Waals surface area contributed by atoms with Crippen molar-refractivity contribution in [1.82, 2.24) is 0 Å². The molecule has 0 atom stereocenters. The molecule has 0 saturated heterocycles. The van der Waals surface area contributed by atoms with Crippen LogP contribution in [-0.2, 0) is 5.75 Å². The average Bonchev–Trinajstić information content (AvgIpc) is 2.85. The van der Waals surface area contributed by atoms with Crippen LogP contribution in [-0.4, -0.2) is 18.2 Å². The Labute approximate surface area is 113 Å². The molecule has 0 saturated carbocycles. The molecular weight excluding hydrogens is 268 g/mol. The zero-order chi connectivity index (χ0) is 13.0. The number of carboxylic acids is 1. The molecule has 0 bridgehead atoms. The third-order valence-electron chi connectivity index (χ3n) is 2.39. The maximum absolute atomic E-state index is 11.0. The molecule has 3 nitrogen and oxygen atoms in total. The van der Waals surface area contributed by atoms with E-state index in [1.165, 1.54) is 11.3 Å². The van der Waals surface area contributed by atoms with E-state index >= 15 is 0 Å². The van der Waals surface area contributed by atoms with Crippen molar-refractivity contribution in [2.45, 2.75) is 10.6 Å². The molecule has 0 unspecified atom stereocenters. The normalized spacial score (nSPS) is 10.3. The van der Waals surface area contributed by atoms with E-state index in [1.807, 2.05) is 35.7 Å². The first-order valence-electron chi connectivity index (χ1n) is 5.28. The van der Waals surface area contributed by atoms with Crippen molar-refractivity contribution in [1.29, 1.82) is 0 Å². The van der Waals surface area contributed by atoms with Crippen LogP contribution in [0, 0.1) is 0 Å². The third kappa shape index (κ3) is 2.86. The van der Waals surface area contributed by atoms with Crippen LogP contribution in [0.2, 0.25) is 0 Å². The summed E-state index contributed by atoms with van der Waals surface area (Å²) >= 11 is 2.84. The van der Waals surface area contributed by atoms with Gasteiger partial charge in [0.2, 0.25) is 0 Å². The van der Waals surface area contributed by atoms with Crippen molar-refractivity contribution in [3.63, 3.8) is 0 Å². The summed E-state index contributed by atoms with van der Waals surface area (Å²) < 4.78 is 5.26. The summed E-state index contributed by atoms with van der Waals surface area (Å²) in [5.41, 5.74) is 0.850. The summed E-state index contributed by atoms with van der Waals surface area (Å²) in [4.78, 5) is 12.4. The zero-order valence-electron chi connectivity index (χ0n) is 9.75. The maximum atomic E-state index is 11.0. The van der Waals surface area contributed by atoms with Crippen LogP contribution in [0.25, 0.3) is 0 Å². The van der Waals surface area contributed by atoms with Crippen molar-refractivity contribution < 1.29 is 14.6 Å². The first-order chi connectivity index (χ1) is 8.72. The van der Waals surface area contributed by atoms with Crippen LogP contribution >= 0.6 is 23.1 Å². The number of ether oxygens (including phenoxy) is 1. The van der Waals surface area contributed by atoms with Crippen LogP contribution in [0.1, 0.15) is 15.2 Å². The summed E-state index contributed by atoms with van der Waals surface area (Å²) in [7, 11) is 1.63. The molecule has 0 aliphatic heterocycles. The van der Waals surface area contributed by atoms with Crippen LogP contribution in [0.5, 0.6) is 5.75 Å². The molecular formula is C13H12O3S2. The van der Waals surface area contributed by atoms with Gasteiger partial charge in [-0.15, -0.1) is 23.1 Å². The summed E-state index contributed by atoms with van der Waals surface area (Å²) in [5, 5.41) is 10.8. The smallest absolute Gasteiger partial charge is 0.346 e. The molecule has 1 aromatic heterocycles. The Morgan fingerprint density at radius 3 is 2.89 bits per heavy atom. The minimum absolute atomic E-state index is 0.414. The number of methoxy groups -OCH3 is 1. The molecule has 0 aliphatic rings. The number of carbonyl (C=O) groups is 1. The molecule has 0 aliphatic carbocycles. The van der Waals surface area contributed by atoms with Gasteiger partial charge in [0.1, 0.15) is 10.6 Å². The van der Waals surface area contributed by atoms with Crippen LogP contribution in [0.4, 0.5) is 0 Å². The number of carboxylic acid groups (broad SMARTS) is 1. The fourth-order valence-electron chi connectivity index (χ4n) is 1.53. The number of aromatic carboxylic acids is 1. The molecule has 0 fully saturated rings. The lowest BCUT2D eigenvalue weighted by Crippen LogP contribution is -1.96. The van der Waals surface area contributed by atoms with Crippen LogP contribution in [0.3, 0.4) is 0 Å². The lowest BCUT2D eigenvalue weighted by Gasteiger charge is -2.07. The van der Waals surface area contributed by atoms with E-state index in [-0.39, 0.29) is 0 Å². The van der Waals surface area contributed by atoms with Crippen molar-refractivity contribution in [3.8, 4) is 5.75 Å². The lowest BCUT2D eigenvalue weighted by atomic mass is 10.3. The molecule has 1 N–H and O–H groups in total. The fourth-order valence-corrected chi connectivity index (χ4v) is 3.40. The van der Waals surface area contributed by atoms with Crippen molar-refractivity contribution in [3.05, 3.63) is 46.2 Å². The summed E-state index contributed by atoms with van der Waals surface area (Å²) in [6, 6.07) is 9.58. The predicted molar refractivity (Wildman–Crippen MR) is 73.8 cm³/mol. The van der Waals surface area contributed by atoms with E-state index in [0.29, 0.717) is 10.6 Å². The van der Waals surface area contributed by atoms with Gasteiger partial charge in [-0.25, -0.2) is 4.79 Å². The molecule has 1 aromatic carbocycles. The average molecular weight is 280 g/mol. The highest BCUT2D eigenvalue weighted by molar-refractivity contribution is 7.98. The van der Waals surface area contributed by atoms with Gasteiger partial charge in [0.25, 0.3) is 0 Å². The summed E-state index contributed by atoms with van der Waals surface area (Å²) in [6.45, 7) is 0. The number of hydrogen-bond donors (Lipinski definition) is 1. The second-order valence-electron chi connectivity index (χ2n) is 3.52. The molecule has 0 spiro atoms. The van der Waals surface area contributed by atoms with E-state index in [0.717, 1.165) is 16.2 Å². The van der Waals surface area contributed by atoms with Crippen molar-refractivity contribution in [2.75, 3.05) is 7.11 Å². The Morgan fingerprint density at radius 2 is 2.17 bits per heavy atom. The number of rotatable bonds is 5. The van der Waals surface area contributed by atoms with Crippen molar-refractivity contribution >= 4 is 29.1 Å². The highest BCUT2D eigenvalue weighted by Crippen LogP contribution is 2.32. The molecule has 18 heavy (non-hydrogen) atoms. The molecule has 94 valence electrons. The largest absolute Gasteiger partial charge is 0.496 e. The molecule has 0 amide bonds. The standard InChI is InChI=1S/C13H12O3S2/c1-16-10-4-2-3-5-11(10)18-8-9-6-7-17-12(9)13(14)15/h2-7H,8H2,1H3,(H,14,15).